The fourth-order valence-corrected chi connectivity index (χ4v) is 2.99. The van der Waals surface area contributed by atoms with E-state index in [0.717, 1.165) is 6.42 Å². The Kier molecular flexibility index (Phi) is 2.20. The highest BCUT2D eigenvalue weighted by Crippen LogP contribution is 2.42. The quantitative estimate of drug-likeness (QED) is 0.720. The first kappa shape index (κ1) is 9.82. The topological polar surface area (TPSA) is 33.2 Å². The molecule has 4 rings (SSSR count). The Balaban J connectivity index is 1.82. The van der Waals surface area contributed by atoms with Crippen molar-refractivity contribution in [1.82, 2.24) is 9.88 Å². The zero-order valence-electron chi connectivity index (χ0n) is 9.47. The molecule has 0 aromatic carbocycles. The molecule has 16 heavy (non-hydrogen) atoms. The van der Waals surface area contributed by atoms with Crippen LogP contribution in [0.1, 0.15) is 36.7 Å². The van der Waals surface area contributed by atoms with Crippen molar-refractivity contribution in [3.05, 3.63) is 30.1 Å². The monoisotopic (exact) mass is 216 g/mol. The molecule has 3 nitrogen and oxygen atoms in total. The number of fused-ring (bicyclic) bond motifs is 2. The zero-order chi connectivity index (χ0) is 11.1. The lowest BCUT2D eigenvalue weighted by Crippen LogP contribution is -2.64. The number of carbonyl (C=O) groups is 1. The molecule has 3 fully saturated rings. The second-order valence-electron chi connectivity index (χ2n) is 4.94. The van der Waals surface area contributed by atoms with E-state index in [-0.39, 0.29) is 5.91 Å². The van der Waals surface area contributed by atoms with E-state index in [1.54, 1.807) is 12.3 Å². The molecule has 84 valence electrons. The number of aromatic nitrogens is 1. The second kappa shape index (κ2) is 3.58. The van der Waals surface area contributed by atoms with Crippen LogP contribution in [0.5, 0.6) is 0 Å². The van der Waals surface area contributed by atoms with Gasteiger partial charge in [0.15, 0.2) is 0 Å². The van der Waals surface area contributed by atoms with Crippen LogP contribution in [0.25, 0.3) is 0 Å². The van der Waals surface area contributed by atoms with Gasteiger partial charge in [0.25, 0.3) is 5.91 Å². The van der Waals surface area contributed by atoms with Crippen molar-refractivity contribution in [2.75, 3.05) is 0 Å². The summed E-state index contributed by atoms with van der Waals surface area (Å²) in [5.41, 5.74) is 0.589. The Labute approximate surface area is 95.5 Å². The average molecular weight is 216 g/mol. The molecule has 3 aliphatic rings. The van der Waals surface area contributed by atoms with Crippen LogP contribution in [-0.2, 0) is 0 Å². The van der Waals surface area contributed by atoms with E-state index < -0.39 is 0 Å². The normalized spacial score (nSPS) is 32.1. The highest BCUT2D eigenvalue weighted by molar-refractivity contribution is 5.93. The maximum atomic E-state index is 12.2. The van der Waals surface area contributed by atoms with E-state index in [1.807, 2.05) is 12.1 Å². The van der Waals surface area contributed by atoms with Gasteiger partial charge in [0.2, 0.25) is 0 Å². The summed E-state index contributed by atoms with van der Waals surface area (Å²) < 4.78 is 0. The van der Waals surface area contributed by atoms with E-state index in [2.05, 4.69) is 16.8 Å². The van der Waals surface area contributed by atoms with Gasteiger partial charge in [-0.3, -0.25) is 9.78 Å². The van der Waals surface area contributed by atoms with Gasteiger partial charge in [-0.05, 0) is 37.3 Å². The molecule has 1 saturated carbocycles. The van der Waals surface area contributed by atoms with E-state index in [0.29, 0.717) is 23.7 Å². The van der Waals surface area contributed by atoms with Crippen molar-refractivity contribution < 1.29 is 4.79 Å². The Bertz CT molecular complexity index is 402. The molecule has 0 spiro atoms. The first-order valence-corrected chi connectivity index (χ1v) is 6.01. The first-order valence-electron chi connectivity index (χ1n) is 6.01. The molecule has 1 aromatic heterocycles. The smallest absolute Gasteiger partial charge is 0.272 e. The van der Waals surface area contributed by atoms with Gasteiger partial charge in [-0.15, -0.1) is 0 Å². The lowest BCUT2D eigenvalue weighted by atomic mass is 9.73. The predicted octanol–water partition coefficient (Wildman–Crippen LogP) is 2.09. The van der Waals surface area contributed by atoms with Gasteiger partial charge in [-0.2, -0.15) is 0 Å². The number of piperidine rings is 1. The fraction of sp³-hybridized carbons (Fsp3) is 0.538. The lowest BCUT2D eigenvalue weighted by Gasteiger charge is -2.55. The molecule has 1 aromatic rings. The molecule has 2 bridgehead atoms. The Morgan fingerprint density at radius 2 is 2.31 bits per heavy atom. The minimum atomic E-state index is 0.119. The minimum absolute atomic E-state index is 0.119. The number of hydrogen-bond acceptors (Lipinski definition) is 2. The molecule has 2 saturated heterocycles. The van der Waals surface area contributed by atoms with Gasteiger partial charge < -0.3 is 4.90 Å². The number of amides is 1. The Morgan fingerprint density at radius 1 is 1.44 bits per heavy atom. The molecule has 3 heterocycles. The van der Waals surface area contributed by atoms with Gasteiger partial charge in [0.05, 0.1) is 0 Å². The summed E-state index contributed by atoms with van der Waals surface area (Å²) in [6.07, 6.45) is 5.31. The fourth-order valence-electron chi connectivity index (χ4n) is 2.99. The van der Waals surface area contributed by atoms with Crippen molar-refractivity contribution in [2.24, 2.45) is 5.92 Å². The van der Waals surface area contributed by atoms with Crippen molar-refractivity contribution in [3.63, 3.8) is 0 Å². The summed E-state index contributed by atoms with van der Waals surface area (Å²) >= 11 is 0. The molecule has 3 atom stereocenters. The third-order valence-electron chi connectivity index (χ3n) is 3.99. The van der Waals surface area contributed by atoms with Crippen LogP contribution in [0.4, 0.5) is 0 Å². The van der Waals surface area contributed by atoms with Crippen molar-refractivity contribution >= 4 is 5.91 Å². The second-order valence-corrected chi connectivity index (χ2v) is 4.94. The summed E-state index contributed by atoms with van der Waals surface area (Å²) in [4.78, 5) is 18.4. The van der Waals surface area contributed by atoms with Crippen LogP contribution in [-0.4, -0.2) is 27.9 Å². The van der Waals surface area contributed by atoms with Crippen LogP contribution in [0, 0.1) is 5.92 Å². The van der Waals surface area contributed by atoms with E-state index in [1.165, 1.54) is 12.8 Å². The van der Waals surface area contributed by atoms with Crippen molar-refractivity contribution in [1.29, 1.82) is 0 Å². The van der Waals surface area contributed by atoms with Crippen LogP contribution < -0.4 is 0 Å². The lowest BCUT2D eigenvalue weighted by molar-refractivity contribution is -0.0379. The SMILES string of the molecule is CC1CCC2CC1N2C(=O)c1ccccn1. The summed E-state index contributed by atoms with van der Waals surface area (Å²) in [5, 5.41) is 0. The van der Waals surface area contributed by atoms with Gasteiger partial charge in [-0.1, -0.05) is 13.0 Å². The van der Waals surface area contributed by atoms with Crippen LogP contribution in [0.3, 0.4) is 0 Å². The molecule has 3 heteroatoms. The zero-order valence-corrected chi connectivity index (χ0v) is 9.47. The average Bonchev–Trinajstić information content (AvgIpc) is 2.29. The summed E-state index contributed by atoms with van der Waals surface area (Å²) in [6, 6.07) is 6.47. The minimum Gasteiger partial charge on any atom is -0.331 e. The van der Waals surface area contributed by atoms with E-state index in [4.69, 9.17) is 0 Å². The summed E-state index contributed by atoms with van der Waals surface area (Å²) in [7, 11) is 0. The molecule has 0 N–H and O–H groups in total. The number of pyridine rings is 1. The van der Waals surface area contributed by atoms with E-state index >= 15 is 0 Å². The molecule has 1 amide bonds. The van der Waals surface area contributed by atoms with E-state index in [9.17, 15) is 4.79 Å². The Hall–Kier alpha value is -1.38. The van der Waals surface area contributed by atoms with Crippen LogP contribution in [0.15, 0.2) is 24.4 Å². The summed E-state index contributed by atoms with van der Waals surface area (Å²) in [5.74, 6) is 0.770. The first-order chi connectivity index (χ1) is 7.77. The summed E-state index contributed by atoms with van der Waals surface area (Å²) in [6.45, 7) is 2.25. The molecule has 3 unspecified atom stereocenters. The maximum Gasteiger partial charge on any atom is 0.272 e. The molecular weight excluding hydrogens is 200 g/mol. The van der Waals surface area contributed by atoms with Gasteiger partial charge in [-0.25, -0.2) is 0 Å². The standard InChI is InChI=1S/C13H16N2O/c1-9-5-6-10-8-12(9)15(10)13(16)11-4-2-3-7-14-11/h2-4,7,9-10,12H,5-6,8H2,1H3. The molecular formula is C13H16N2O. The molecule has 0 radical (unpaired) electrons. The highest BCUT2D eigenvalue weighted by Gasteiger charge is 2.47. The van der Waals surface area contributed by atoms with Crippen LogP contribution in [0.2, 0.25) is 0 Å². The van der Waals surface area contributed by atoms with Crippen molar-refractivity contribution in [2.45, 2.75) is 38.3 Å². The molecule has 2 aliphatic heterocycles. The third kappa shape index (κ3) is 1.34. The highest BCUT2D eigenvalue weighted by atomic mass is 16.2. The third-order valence-corrected chi connectivity index (χ3v) is 3.99. The number of hydrogen-bond donors (Lipinski definition) is 0. The molecule has 1 aliphatic carbocycles. The predicted molar refractivity (Wildman–Crippen MR) is 61.0 cm³/mol. The number of rotatable bonds is 1. The van der Waals surface area contributed by atoms with Gasteiger partial charge in [0, 0.05) is 18.3 Å². The number of nitrogens with zero attached hydrogens (tertiary/aromatic N) is 2. The van der Waals surface area contributed by atoms with Crippen LogP contribution >= 0.6 is 0 Å². The number of carbonyl (C=O) groups excluding carboxylic acids is 1. The van der Waals surface area contributed by atoms with Gasteiger partial charge in [0.1, 0.15) is 5.69 Å². The van der Waals surface area contributed by atoms with Gasteiger partial charge >= 0.3 is 0 Å². The largest absolute Gasteiger partial charge is 0.331 e. The maximum absolute atomic E-state index is 12.2. The Morgan fingerprint density at radius 3 is 2.94 bits per heavy atom. The van der Waals surface area contributed by atoms with Crippen molar-refractivity contribution in [3.8, 4) is 0 Å².